The van der Waals surface area contributed by atoms with Crippen molar-refractivity contribution < 1.29 is 18.8 Å². The van der Waals surface area contributed by atoms with Crippen LogP contribution in [0, 0.1) is 11.7 Å². The van der Waals surface area contributed by atoms with Crippen molar-refractivity contribution >= 4 is 23.4 Å². The molecule has 0 aliphatic heterocycles. The molecule has 1 unspecified atom stereocenters. The van der Waals surface area contributed by atoms with Crippen LogP contribution in [0.5, 0.6) is 0 Å². The van der Waals surface area contributed by atoms with Gasteiger partial charge in [0.05, 0.1) is 0 Å². The number of primary amides is 1. The topological polar surface area (TPSA) is 101 Å². The van der Waals surface area contributed by atoms with Crippen molar-refractivity contribution in [3.8, 4) is 0 Å². The highest BCUT2D eigenvalue weighted by Gasteiger charge is 2.24. The zero-order chi connectivity index (χ0) is 19.3. The van der Waals surface area contributed by atoms with Crippen LogP contribution >= 0.6 is 0 Å². The molecule has 0 aliphatic carbocycles. The van der Waals surface area contributed by atoms with Gasteiger partial charge in [-0.15, -0.1) is 0 Å². The van der Waals surface area contributed by atoms with Crippen molar-refractivity contribution in [1.82, 2.24) is 5.32 Å². The molecule has 0 aliphatic rings. The maximum Gasteiger partial charge on any atom is 0.251 e. The van der Waals surface area contributed by atoms with E-state index in [0.29, 0.717) is 11.3 Å². The monoisotopic (exact) mass is 357 g/mol. The molecule has 26 heavy (non-hydrogen) atoms. The molecule has 2 aromatic rings. The highest BCUT2D eigenvalue weighted by atomic mass is 19.1. The second-order valence-electron chi connectivity index (χ2n) is 6.13. The lowest BCUT2D eigenvalue weighted by atomic mass is 10.0. The van der Waals surface area contributed by atoms with E-state index in [1.165, 1.54) is 36.4 Å². The van der Waals surface area contributed by atoms with Gasteiger partial charge >= 0.3 is 0 Å². The van der Waals surface area contributed by atoms with E-state index in [-0.39, 0.29) is 11.5 Å². The molecule has 0 radical (unpaired) electrons. The maximum absolute atomic E-state index is 13.0. The summed E-state index contributed by atoms with van der Waals surface area (Å²) in [5.41, 5.74) is 6.24. The molecule has 2 rings (SSSR count). The lowest BCUT2D eigenvalue weighted by Gasteiger charge is -2.22. The first-order valence-electron chi connectivity index (χ1n) is 8.05. The first-order chi connectivity index (χ1) is 12.3. The smallest absolute Gasteiger partial charge is 0.251 e. The quantitative estimate of drug-likeness (QED) is 0.739. The molecule has 0 spiro atoms. The zero-order valence-corrected chi connectivity index (χ0v) is 14.5. The van der Waals surface area contributed by atoms with Gasteiger partial charge in [-0.3, -0.25) is 14.4 Å². The fourth-order valence-corrected chi connectivity index (χ4v) is 2.30. The lowest BCUT2D eigenvalue weighted by molar-refractivity contribution is -0.118. The molecule has 4 N–H and O–H groups in total. The summed E-state index contributed by atoms with van der Waals surface area (Å²) in [7, 11) is 0. The van der Waals surface area contributed by atoms with Crippen molar-refractivity contribution in [2.45, 2.75) is 19.9 Å². The molecule has 0 aromatic heterocycles. The number of hydrogen-bond acceptors (Lipinski definition) is 3. The van der Waals surface area contributed by atoms with Gasteiger partial charge in [-0.2, -0.15) is 0 Å². The van der Waals surface area contributed by atoms with E-state index < -0.39 is 29.6 Å². The summed E-state index contributed by atoms with van der Waals surface area (Å²) in [6.07, 6.45) is 0. The van der Waals surface area contributed by atoms with Crippen molar-refractivity contribution in [2.24, 2.45) is 11.7 Å². The normalized spacial score (nSPS) is 11.7. The van der Waals surface area contributed by atoms with Gasteiger partial charge < -0.3 is 16.4 Å². The van der Waals surface area contributed by atoms with Gasteiger partial charge in [0.1, 0.15) is 11.9 Å². The number of carbonyl (C=O) groups is 3. The Bertz CT molecular complexity index is 802. The molecule has 0 saturated carbocycles. The first kappa shape index (κ1) is 19.1. The average Bonchev–Trinajstić information content (AvgIpc) is 2.60. The van der Waals surface area contributed by atoms with Crippen molar-refractivity contribution in [3.63, 3.8) is 0 Å². The number of benzene rings is 2. The van der Waals surface area contributed by atoms with E-state index in [1.54, 1.807) is 26.0 Å². The van der Waals surface area contributed by atoms with Crippen LogP contribution in [0.4, 0.5) is 10.1 Å². The summed E-state index contributed by atoms with van der Waals surface area (Å²) in [6, 6.07) is 10.4. The maximum atomic E-state index is 13.0. The fourth-order valence-electron chi connectivity index (χ4n) is 2.30. The van der Waals surface area contributed by atoms with Gasteiger partial charge in [-0.05, 0) is 54.4 Å². The molecule has 0 heterocycles. The Morgan fingerprint density at radius 1 is 0.923 bits per heavy atom. The number of hydrogen-bond donors (Lipinski definition) is 3. The summed E-state index contributed by atoms with van der Waals surface area (Å²) in [6.45, 7) is 3.59. The summed E-state index contributed by atoms with van der Waals surface area (Å²) in [4.78, 5) is 35.9. The zero-order valence-electron chi connectivity index (χ0n) is 14.5. The Labute approximate surface area is 150 Å². The van der Waals surface area contributed by atoms with Crippen LogP contribution in [-0.2, 0) is 4.79 Å². The molecule has 0 bridgehead atoms. The van der Waals surface area contributed by atoms with E-state index in [9.17, 15) is 18.8 Å². The third-order valence-corrected chi connectivity index (χ3v) is 3.78. The minimum absolute atomic E-state index is 0.177. The molecule has 7 heteroatoms. The number of amides is 3. The second kappa shape index (κ2) is 8.24. The number of anilines is 1. The first-order valence-corrected chi connectivity index (χ1v) is 8.05. The van der Waals surface area contributed by atoms with E-state index >= 15 is 0 Å². The van der Waals surface area contributed by atoms with E-state index in [2.05, 4.69) is 10.6 Å². The van der Waals surface area contributed by atoms with Crippen LogP contribution < -0.4 is 16.4 Å². The molecular weight excluding hydrogens is 337 g/mol. The number of nitrogens with two attached hydrogens (primary N) is 1. The summed E-state index contributed by atoms with van der Waals surface area (Å²) < 4.78 is 13.0. The Morgan fingerprint density at radius 2 is 1.46 bits per heavy atom. The molecule has 3 amide bonds. The Hall–Kier alpha value is -3.22. The Balaban J connectivity index is 2.08. The lowest BCUT2D eigenvalue weighted by Crippen LogP contribution is -2.47. The SMILES string of the molecule is CC(C)C(NC(=O)c1ccc(F)cc1)C(=O)Nc1ccc(C(N)=O)cc1. The van der Waals surface area contributed by atoms with Crippen LogP contribution in [0.2, 0.25) is 0 Å². The standard InChI is InChI=1S/C19H20FN3O3/c1-11(2)16(23-18(25)13-3-7-14(20)8-4-13)19(26)22-15-9-5-12(6-10-15)17(21)24/h3-11,16H,1-2H3,(H2,21,24)(H,22,26)(H,23,25). The molecule has 0 saturated heterocycles. The minimum Gasteiger partial charge on any atom is -0.366 e. The van der Waals surface area contributed by atoms with Crippen LogP contribution in [0.25, 0.3) is 0 Å². The predicted octanol–water partition coefficient (Wildman–Crippen LogP) is 2.32. The molecule has 6 nitrogen and oxygen atoms in total. The van der Waals surface area contributed by atoms with Crippen LogP contribution in [0.3, 0.4) is 0 Å². The average molecular weight is 357 g/mol. The van der Waals surface area contributed by atoms with Gasteiger partial charge in [0.25, 0.3) is 5.91 Å². The Kier molecular flexibility index (Phi) is 6.06. The van der Waals surface area contributed by atoms with E-state index in [0.717, 1.165) is 0 Å². The van der Waals surface area contributed by atoms with Crippen molar-refractivity contribution in [2.75, 3.05) is 5.32 Å². The molecule has 2 aromatic carbocycles. The third-order valence-electron chi connectivity index (χ3n) is 3.78. The van der Waals surface area contributed by atoms with Crippen LogP contribution in [0.15, 0.2) is 48.5 Å². The largest absolute Gasteiger partial charge is 0.366 e. The number of halogens is 1. The highest BCUT2D eigenvalue weighted by Crippen LogP contribution is 2.12. The van der Waals surface area contributed by atoms with Crippen molar-refractivity contribution in [3.05, 3.63) is 65.5 Å². The molecule has 0 fully saturated rings. The van der Waals surface area contributed by atoms with Gasteiger partial charge in [0.2, 0.25) is 11.8 Å². The Morgan fingerprint density at radius 3 is 1.96 bits per heavy atom. The van der Waals surface area contributed by atoms with Crippen LogP contribution in [0.1, 0.15) is 34.6 Å². The summed E-state index contributed by atoms with van der Waals surface area (Å²) in [5.74, 6) is -2.05. The number of rotatable bonds is 6. The highest BCUT2D eigenvalue weighted by molar-refractivity contribution is 6.01. The van der Waals surface area contributed by atoms with Gasteiger partial charge in [-0.25, -0.2) is 4.39 Å². The molecular formula is C19H20FN3O3. The van der Waals surface area contributed by atoms with Gasteiger partial charge in [0, 0.05) is 16.8 Å². The van der Waals surface area contributed by atoms with E-state index in [1.807, 2.05) is 0 Å². The number of nitrogens with one attached hydrogen (secondary N) is 2. The molecule has 136 valence electrons. The minimum atomic E-state index is -0.789. The molecule has 1 atom stereocenters. The fraction of sp³-hybridized carbons (Fsp3) is 0.211. The number of carbonyl (C=O) groups excluding carboxylic acids is 3. The second-order valence-corrected chi connectivity index (χ2v) is 6.13. The van der Waals surface area contributed by atoms with Crippen LogP contribution in [-0.4, -0.2) is 23.8 Å². The van der Waals surface area contributed by atoms with Crippen molar-refractivity contribution in [1.29, 1.82) is 0 Å². The predicted molar refractivity (Wildman–Crippen MR) is 96.1 cm³/mol. The van der Waals surface area contributed by atoms with Gasteiger partial charge in [-0.1, -0.05) is 13.8 Å². The van der Waals surface area contributed by atoms with Gasteiger partial charge in [0.15, 0.2) is 0 Å². The van der Waals surface area contributed by atoms with E-state index in [4.69, 9.17) is 5.73 Å². The summed E-state index contributed by atoms with van der Waals surface area (Å²) >= 11 is 0. The summed E-state index contributed by atoms with van der Waals surface area (Å²) in [5, 5.41) is 5.34. The third kappa shape index (κ3) is 4.89.